The number of hydrogen-bond donors (Lipinski definition) is 1. The summed E-state index contributed by atoms with van der Waals surface area (Å²) in [6, 6.07) is 14.5. The van der Waals surface area contributed by atoms with Crippen LogP contribution in [0.5, 0.6) is 5.75 Å². The lowest BCUT2D eigenvalue weighted by atomic mass is 9.94. The van der Waals surface area contributed by atoms with Crippen molar-refractivity contribution in [3.63, 3.8) is 0 Å². The Morgan fingerprint density at radius 3 is 2.82 bits per heavy atom. The molecular formula is C22H25N3O3. The third-order valence-electron chi connectivity index (χ3n) is 5.47. The van der Waals surface area contributed by atoms with E-state index in [0.29, 0.717) is 5.92 Å². The van der Waals surface area contributed by atoms with Gasteiger partial charge in [0.05, 0.1) is 12.8 Å². The number of rotatable bonds is 6. The normalized spacial score (nSPS) is 17.7. The molecule has 0 amide bonds. The van der Waals surface area contributed by atoms with Crippen molar-refractivity contribution in [2.45, 2.75) is 31.8 Å². The van der Waals surface area contributed by atoms with Crippen LogP contribution in [0.1, 0.15) is 30.0 Å². The number of fused-ring (bicyclic) bond motifs is 1. The second kappa shape index (κ2) is 8.02. The Bertz CT molecular complexity index is 982. The van der Waals surface area contributed by atoms with Gasteiger partial charge in [-0.15, -0.1) is 0 Å². The molecule has 1 N–H and O–H groups in total. The number of likely N-dealkylation sites (tertiary alicyclic amines) is 1. The van der Waals surface area contributed by atoms with Crippen LogP contribution in [0.15, 0.2) is 48.7 Å². The summed E-state index contributed by atoms with van der Waals surface area (Å²) >= 11 is 0. The second-order valence-corrected chi connectivity index (χ2v) is 7.38. The zero-order valence-electron chi connectivity index (χ0n) is 16.0. The predicted molar refractivity (Wildman–Crippen MR) is 108 cm³/mol. The molecule has 28 heavy (non-hydrogen) atoms. The van der Waals surface area contributed by atoms with Gasteiger partial charge in [-0.3, -0.25) is 14.4 Å². The SMILES string of the molecule is COc1ccc(CN2CCCC(c3ccn(CC(=O)O)n3)C2)c2ccccc12. The highest BCUT2D eigenvalue weighted by Gasteiger charge is 2.24. The Morgan fingerprint density at radius 1 is 1.21 bits per heavy atom. The van der Waals surface area contributed by atoms with Gasteiger partial charge < -0.3 is 9.84 Å². The van der Waals surface area contributed by atoms with E-state index < -0.39 is 5.97 Å². The Morgan fingerprint density at radius 2 is 2.04 bits per heavy atom. The van der Waals surface area contributed by atoms with Gasteiger partial charge in [0.1, 0.15) is 12.3 Å². The number of ether oxygens (including phenoxy) is 1. The zero-order valence-corrected chi connectivity index (χ0v) is 16.0. The number of piperidine rings is 1. The van der Waals surface area contributed by atoms with E-state index in [4.69, 9.17) is 9.84 Å². The molecule has 1 aliphatic rings. The molecule has 1 saturated heterocycles. The summed E-state index contributed by atoms with van der Waals surface area (Å²) in [7, 11) is 1.71. The first-order valence-electron chi connectivity index (χ1n) is 9.66. The summed E-state index contributed by atoms with van der Waals surface area (Å²) in [5, 5.41) is 15.8. The molecule has 0 aliphatic carbocycles. The molecule has 1 aliphatic heterocycles. The summed E-state index contributed by atoms with van der Waals surface area (Å²) in [5.41, 5.74) is 2.29. The van der Waals surface area contributed by atoms with E-state index in [9.17, 15) is 4.79 Å². The van der Waals surface area contributed by atoms with Crippen molar-refractivity contribution in [2.24, 2.45) is 0 Å². The number of nitrogens with zero attached hydrogens (tertiary/aromatic N) is 3. The molecule has 3 aromatic rings. The maximum atomic E-state index is 10.9. The maximum absolute atomic E-state index is 10.9. The highest BCUT2D eigenvalue weighted by atomic mass is 16.5. The molecule has 0 bridgehead atoms. The van der Waals surface area contributed by atoms with Gasteiger partial charge in [-0.1, -0.05) is 30.3 Å². The average Bonchev–Trinajstić information content (AvgIpc) is 3.16. The monoisotopic (exact) mass is 379 g/mol. The van der Waals surface area contributed by atoms with E-state index >= 15 is 0 Å². The Kier molecular flexibility index (Phi) is 5.30. The quantitative estimate of drug-likeness (QED) is 0.710. The molecule has 0 saturated carbocycles. The van der Waals surface area contributed by atoms with Crippen LogP contribution in [0.3, 0.4) is 0 Å². The van der Waals surface area contributed by atoms with Crippen LogP contribution < -0.4 is 4.74 Å². The molecule has 0 radical (unpaired) electrons. The van der Waals surface area contributed by atoms with Crippen LogP contribution in [0, 0.1) is 0 Å². The number of carbonyl (C=O) groups is 1. The van der Waals surface area contributed by atoms with E-state index in [1.807, 2.05) is 18.2 Å². The van der Waals surface area contributed by atoms with Crippen LogP contribution in [0.2, 0.25) is 0 Å². The lowest BCUT2D eigenvalue weighted by Gasteiger charge is -2.32. The highest BCUT2D eigenvalue weighted by Crippen LogP contribution is 2.31. The standard InChI is InChI=1S/C22H25N3O3/c1-28-21-9-8-16(18-6-2-3-7-19(18)21)13-24-11-4-5-17(14-24)20-10-12-25(23-20)15-22(26)27/h2-3,6-10,12,17H,4-5,11,13-15H2,1H3,(H,26,27). The molecule has 1 unspecified atom stereocenters. The summed E-state index contributed by atoms with van der Waals surface area (Å²) in [5.74, 6) is 0.374. The summed E-state index contributed by atoms with van der Waals surface area (Å²) in [4.78, 5) is 13.4. The molecular weight excluding hydrogens is 354 g/mol. The number of aromatic nitrogens is 2. The fourth-order valence-corrected chi connectivity index (χ4v) is 4.15. The van der Waals surface area contributed by atoms with Crippen LogP contribution in [-0.2, 0) is 17.9 Å². The summed E-state index contributed by atoms with van der Waals surface area (Å²) < 4.78 is 7.02. The first-order chi connectivity index (χ1) is 13.6. The van der Waals surface area contributed by atoms with Crippen molar-refractivity contribution in [1.29, 1.82) is 0 Å². The largest absolute Gasteiger partial charge is 0.496 e. The van der Waals surface area contributed by atoms with Gasteiger partial charge in [-0.05, 0) is 42.5 Å². The van der Waals surface area contributed by atoms with Gasteiger partial charge in [0.2, 0.25) is 0 Å². The molecule has 0 spiro atoms. The molecule has 4 rings (SSSR count). The van der Waals surface area contributed by atoms with Crippen molar-refractivity contribution in [2.75, 3.05) is 20.2 Å². The lowest BCUT2D eigenvalue weighted by molar-refractivity contribution is -0.137. The first-order valence-corrected chi connectivity index (χ1v) is 9.66. The zero-order chi connectivity index (χ0) is 19.5. The topological polar surface area (TPSA) is 67.6 Å². The van der Waals surface area contributed by atoms with Crippen molar-refractivity contribution < 1.29 is 14.6 Å². The molecule has 1 atom stereocenters. The minimum atomic E-state index is -0.869. The van der Waals surface area contributed by atoms with E-state index in [0.717, 1.165) is 49.3 Å². The number of aliphatic carboxylic acids is 1. The molecule has 1 fully saturated rings. The van der Waals surface area contributed by atoms with Gasteiger partial charge in [-0.2, -0.15) is 5.10 Å². The van der Waals surface area contributed by atoms with Crippen molar-refractivity contribution in [3.8, 4) is 5.75 Å². The van der Waals surface area contributed by atoms with Gasteiger partial charge in [0.15, 0.2) is 0 Å². The Hall–Kier alpha value is -2.86. The van der Waals surface area contributed by atoms with Crippen molar-refractivity contribution in [1.82, 2.24) is 14.7 Å². The number of carboxylic acids is 1. The minimum absolute atomic E-state index is 0.0890. The van der Waals surface area contributed by atoms with Gasteiger partial charge in [0.25, 0.3) is 0 Å². The van der Waals surface area contributed by atoms with E-state index in [1.54, 1.807) is 13.3 Å². The average molecular weight is 379 g/mol. The Labute approximate surface area is 164 Å². The van der Waals surface area contributed by atoms with Crippen molar-refractivity contribution in [3.05, 3.63) is 59.9 Å². The Balaban J connectivity index is 1.51. The maximum Gasteiger partial charge on any atom is 0.325 e. The highest BCUT2D eigenvalue weighted by molar-refractivity contribution is 5.91. The smallest absolute Gasteiger partial charge is 0.325 e. The van der Waals surface area contributed by atoms with Crippen LogP contribution in [0.25, 0.3) is 10.8 Å². The van der Waals surface area contributed by atoms with E-state index in [-0.39, 0.29) is 6.54 Å². The first kappa shape index (κ1) is 18.5. The third-order valence-corrected chi connectivity index (χ3v) is 5.47. The van der Waals surface area contributed by atoms with E-state index in [2.05, 4.69) is 34.3 Å². The van der Waals surface area contributed by atoms with Gasteiger partial charge >= 0.3 is 5.97 Å². The number of benzene rings is 2. The van der Waals surface area contributed by atoms with Gasteiger partial charge in [0, 0.05) is 30.6 Å². The van der Waals surface area contributed by atoms with Crippen LogP contribution in [-0.4, -0.2) is 46.0 Å². The molecule has 6 heteroatoms. The number of methoxy groups -OCH3 is 1. The minimum Gasteiger partial charge on any atom is -0.496 e. The molecule has 1 aromatic heterocycles. The summed E-state index contributed by atoms with van der Waals surface area (Å²) in [6.07, 6.45) is 3.97. The van der Waals surface area contributed by atoms with Crippen LogP contribution >= 0.6 is 0 Å². The fourth-order valence-electron chi connectivity index (χ4n) is 4.15. The second-order valence-electron chi connectivity index (χ2n) is 7.38. The van der Waals surface area contributed by atoms with Crippen LogP contribution in [0.4, 0.5) is 0 Å². The van der Waals surface area contributed by atoms with E-state index in [1.165, 1.54) is 15.6 Å². The molecule has 6 nitrogen and oxygen atoms in total. The fraction of sp³-hybridized carbons (Fsp3) is 0.364. The van der Waals surface area contributed by atoms with Crippen molar-refractivity contribution >= 4 is 16.7 Å². The molecule has 146 valence electrons. The number of carboxylic acid groups (broad SMARTS) is 1. The third kappa shape index (κ3) is 3.87. The van der Waals surface area contributed by atoms with Gasteiger partial charge in [-0.25, -0.2) is 0 Å². The predicted octanol–water partition coefficient (Wildman–Crippen LogP) is 3.51. The summed E-state index contributed by atoms with van der Waals surface area (Å²) in [6.45, 7) is 2.79. The molecule has 2 heterocycles. The number of hydrogen-bond acceptors (Lipinski definition) is 4. The lowest BCUT2D eigenvalue weighted by Crippen LogP contribution is -2.34. The molecule has 2 aromatic carbocycles.